The van der Waals surface area contributed by atoms with Gasteiger partial charge in [-0.15, -0.1) is 6.58 Å². The predicted molar refractivity (Wildman–Crippen MR) is 70.9 cm³/mol. The Morgan fingerprint density at radius 2 is 2.14 bits per heavy atom. The highest BCUT2D eigenvalue weighted by Crippen LogP contribution is 2.17. The van der Waals surface area contributed by atoms with E-state index in [9.17, 15) is 22.8 Å². The summed E-state index contributed by atoms with van der Waals surface area (Å²) < 4.78 is 38.5. The van der Waals surface area contributed by atoms with Gasteiger partial charge in [0.25, 0.3) is 11.5 Å². The van der Waals surface area contributed by atoms with E-state index in [0.717, 1.165) is 16.8 Å². The van der Waals surface area contributed by atoms with Crippen LogP contribution in [0.1, 0.15) is 23.8 Å². The molecule has 0 aliphatic rings. The first-order valence-electron chi connectivity index (χ1n) is 6.33. The van der Waals surface area contributed by atoms with E-state index in [1.165, 1.54) is 6.08 Å². The van der Waals surface area contributed by atoms with Crippen molar-refractivity contribution in [3.63, 3.8) is 0 Å². The normalized spacial score (nSPS) is 11.2. The molecule has 0 saturated heterocycles. The molecule has 1 aromatic heterocycles. The van der Waals surface area contributed by atoms with E-state index >= 15 is 0 Å². The highest BCUT2D eigenvalue weighted by molar-refractivity contribution is 5.92. The second-order valence-corrected chi connectivity index (χ2v) is 4.37. The number of aromatic nitrogens is 2. The van der Waals surface area contributed by atoms with Crippen LogP contribution in [0, 0.1) is 0 Å². The molecule has 0 unspecified atom stereocenters. The molecule has 1 heterocycles. The van der Waals surface area contributed by atoms with Crippen molar-refractivity contribution in [3.8, 4) is 0 Å². The van der Waals surface area contributed by atoms with Gasteiger partial charge in [0.05, 0.1) is 0 Å². The van der Waals surface area contributed by atoms with Gasteiger partial charge in [-0.1, -0.05) is 13.0 Å². The van der Waals surface area contributed by atoms with Gasteiger partial charge < -0.3 is 4.90 Å². The second kappa shape index (κ2) is 7.05. The zero-order chi connectivity index (χ0) is 16.0. The Balaban J connectivity index is 3.05. The van der Waals surface area contributed by atoms with Gasteiger partial charge in [0.2, 0.25) is 0 Å². The molecule has 0 aromatic carbocycles. The molecule has 116 valence electrons. The fraction of sp³-hybridized carbons (Fsp3) is 0.462. The number of nitrogens with zero attached hydrogens (tertiary/aromatic N) is 3. The van der Waals surface area contributed by atoms with Crippen molar-refractivity contribution < 1.29 is 18.0 Å². The van der Waals surface area contributed by atoms with Gasteiger partial charge in [-0.3, -0.25) is 9.59 Å². The first-order chi connectivity index (χ1) is 9.78. The largest absolute Gasteiger partial charge is 0.406 e. The Morgan fingerprint density at radius 1 is 1.48 bits per heavy atom. The highest BCUT2D eigenvalue weighted by Gasteiger charge is 2.33. The van der Waals surface area contributed by atoms with Crippen molar-refractivity contribution in [2.75, 3.05) is 13.1 Å². The zero-order valence-electron chi connectivity index (χ0n) is 11.6. The average Bonchev–Trinajstić information content (AvgIpc) is 2.39. The summed E-state index contributed by atoms with van der Waals surface area (Å²) in [5, 5.41) is 3.81. The average molecular weight is 303 g/mol. The number of alkyl halides is 3. The zero-order valence-corrected chi connectivity index (χ0v) is 11.6. The first-order valence-corrected chi connectivity index (χ1v) is 6.33. The molecule has 1 aromatic rings. The van der Waals surface area contributed by atoms with Crippen LogP contribution < -0.4 is 5.56 Å². The molecule has 0 bridgehead atoms. The van der Waals surface area contributed by atoms with Crippen molar-refractivity contribution in [2.45, 2.75) is 26.1 Å². The summed E-state index contributed by atoms with van der Waals surface area (Å²) in [6, 6.07) is 2.25. The Bertz CT molecular complexity index is 567. The van der Waals surface area contributed by atoms with E-state index in [-0.39, 0.29) is 12.2 Å². The number of carbonyl (C=O) groups is 1. The summed E-state index contributed by atoms with van der Waals surface area (Å²) >= 11 is 0. The van der Waals surface area contributed by atoms with E-state index in [1.807, 2.05) is 6.92 Å². The number of carbonyl (C=O) groups excluding carboxylic acids is 1. The fourth-order valence-electron chi connectivity index (χ4n) is 1.69. The summed E-state index contributed by atoms with van der Waals surface area (Å²) in [6.07, 6.45) is -2.70. The van der Waals surface area contributed by atoms with Gasteiger partial charge in [-0.05, 0) is 12.5 Å². The van der Waals surface area contributed by atoms with Crippen LogP contribution in [0.3, 0.4) is 0 Å². The number of aryl methyl sites for hydroxylation is 1. The lowest BCUT2D eigenvalue weighted by Crippen LogP contribution is -2.40. The summed E-state index contributed by atoms with van der Waals surface area (Å²) in [5.74, 6) is -0.892. The Morgan fingerprint density at radius 3 is 2.67 bits per heavy atom. The monoisotopic (exact) mass is 303 g/mol. The van der Waals surface area contributed by atoms with Crippen molar-refractivity contribution in [1.82, 2.24) is 14.7 Å². The molecule has 21 heavy (non-hydrogen) atoms. The van der Waals surface area contributed by atoms with Crippen molar-refractivity contribution >= 4 is 5.91 Å². The van der Waals surface area contributed by atoms with Crippen LogP contribution in [0.25, 0.3) is 0 Å². The molecule has 0 radical (unpaired) electrons. The third-order valence-electron chi connectivity index (χ3n) is 2.53. The van der Waals surface area contributed by atoms with E-state index in [1.54, 1.807) is 0 Å². The predicted octanol–water partition coefficient (Wildman–Crippen LogP) is 1.84. The Hall–Kier alpha value is -2.12. The summed E-state index contributed by atoms with van der Waals surface area (Å²) in [5.41, 5.74) is -0.603. The maximum atomic E-state index is 12.5. The van der Waals surface area contributed by atoms with E-state index in [0.29, 0.717) is 17.9 Å². The quantitative estimate of drug-likeness (QED) is 0.754. The molecule has 1 amide bonds. The lowest BCUT2D eigenvalue weighted by molar-refractivity contribution is -0.139. The van der Waals surface area contributed by atoms with E-state index < -0.39 is 24.2 Å². The van der Waals surface area contributed by atoms with Gasteiger partial charge in [-0.25, -0.2) is 4.68 Å². The molecule has 5 nitrogen and oxygen atoms in total. The minimum absolute atomic E-state index is 0.200. The maximum absolute atomic E-state index is 12.5. The maximum Gasteiger partial charge on any atom is 0.406 e. The fourth-order valence-corrected chi connectivity index (χ4v) is 1.69. The van der Waals surface area contributed by atoms with Gasteiger partial charge in [0.15, 0.2) is 0 Å². The molecule has 0 atom stereocenters. The molecular formula is C13H16F3N3O2. The first kappa shape index (κ1) is 16.9. The molecule has 8 heteroatoms. The Kier molecular flexibility index (Phi) is 5.69. The summed E-state index contributed by atoms with van der Waals surface area (Å²) in [6.45, 7) is 3.79. The van der Waals surface area contributed by atoms with Crippen LogP contribution in [-0.4, -0.2) is 39.9 Å². The highest BCUT2D eigenvalue weighted by atomic mass is 19.4. The van der Waals surface area contributed by atoms with Crippen LogP contribution >= 0.6 is 0 Å². The molecule has 0 N–H and O–H groups in total. The van der Waals surface area contributed by atoms with Crippen LogP contribution in [0.15, 0.2) is 29.6 Å². The minimum Gasteiger partial charge on any atom is -0.324 e. The van der Waals surface area contributed by atoms with Gasteiger partial charge in [0.1, 0.15) is 12.2 Å². The number of amides is 1. The van der Waals surface area contributed by atoms with E-state index in [2.05, 4.69) is 11.7 Å². The summed E-state index contributed by atoms with van der Waals surface area (Å²) in [7, 11) is 0. The molecule has 1 rings (SSSR count). The van der Waals surface area contributed by atoms with Gasteiger partial charge >= 0.3 is 6.18 Å². The van der Waals surface area contributed by atoms with Crippen LogP contribution in [0.5, 0.6) is 0 Å². The van der Waals surface area contributed by atoms with Gasteiger partial charge in [0, 0.05) is 19.2 Å². The lowest BCUT2D eigenvalue weighted by Gasteiger charge is -2.22. The number of rotatable bonds is 6. The topological polar surface area (TPSA) is 55.2 Å². The molecule has 0 fully saturated rings. The SMILES string of the molecule is C=CCN(CC(F)(F)F)C(=O)c1ccc(=O)n(CCC)n1. The number of hydrogen-bond acceptors (Lipinski definition) is 3. The molecule has 0 saturated carbocycles. The van der Waals surface area contributed by atoms with Crippen LogP contribution in [0.4, 0.5) is 13.2 Å². The lowest BCUT2D eigenvalue weighted by atomic mass is 10.3. The van der Waals surface area contributed by atoms with E-state index in [4.69, 9.17) is 0 Å². The number of hydrogen-bond donors (Lipinski definition) is 0. The standard InChI is InChI=1S/C13H16F3N3O2/c1-3-7-18(9-13(14,15)16)12(21)10-5-6-11(20)19(17-10)8-4-2/h3,5-6H,1,4,7-9H2,2H3. The Labute approximate surface area is 119 Å². The van der Waals surface area contributed by atoms with Crippen LogP contribution in [-0.2, 0) is 6.54 Å². The van der Waals surface area contributed by atoms with Gasteiger partial charge in [-0.2, -0.15) is 18.3 Å². The smallest absolute Gasteiger partial charge is 0.324 e. The third kappa shape index (κ3) is 5.05. The van der Waals surface area contributed by atoms with Crippen molar-refractivity contribution in [3.05, 3.63) is 40.8 Å². The molecule has 0 aliphatic heterocycles. The molecule has 0 spiro atoms. The van der Waals surface area contributed by atoms with Crippen molar-refractivity contribution in [1.29, 1.82) is 0 Å². The molecule has 0 aliphatic carbocycles. The molecular weight excluding hydrogens is 287 g/mol. The summed E-state index contributed by atoms with van der Waals surface area (Å²) in [4.78, 5) is 24.1. The minimum atomic E-state index is -4.52. The van der Waals surface area contributed by atoms with Crippen molar-refractivity contribution in [2.24, 2.45) is 0 Å². The third-order valence-corrected chi connectivity index (χ3v) is 2.53. The second-order valence-electron chi connectivity index (χ2n) is 4.37. The van der Waals surface area contributed by atoms with Crippen LogP contribution in [0.2, 0.25) is 0 Å². The number of halogens is 3.